The molecule has 0 saturated carbocycles. The lowest BCUT2D eigenvalue weighted by Gasteiger charge is -2.39. The largest absolute Gasteiger partial charge is 0.357 e. The molecule has 1 aliphatic rings. The highest BCUT2D eigenvalue weighted by Gasteiger charge is 2.41. The van der Waals surface area contributed by atoms with Gasteiger partial charge in [-0.2, -0.15) is 5.10 Å². The quantitative estimate of drug-likeness (QED) is 0.486. The predicted molar refractivity (Wildman–Crippen MR) is 121 cm³/mol. The van der Waals surface area contributed by atoms with Crippen LogP contribution in [0.15, 0.2) is 65.4 Å². The molecule has 5 rings (SSSR count). The van der Waals surface area contributed by atoms with Crippen LogP contribution in [0, 0.1) is 11.6 Å². The van der Waals surface area contributed by atoms with E-state index in [1.165, 1.54) is 24.1 Å². The van der Waals surface area contributed by atoms with Crippen LogP contribution >= 0.6 is 0 Å². The molecule has 2 atom stereocenters. The molecule has 2 amide bonds. The maximum atomic E-state index is 14.2. The third-order valence-electron chi connectivity index (χ3n) is 6.17. The normalized spacial score (nSPS) is 17.2. The fourth-order valence-corrected chi connectivity index (χ4v) is 4.51. The highest BCUT2D eigenvalue weighted by Crippen LogP contribution is 2.40. The molecular weight excluding hydrogens is 456 g/mol. The molecule has 0 bridgehead atoms. The van der Waals surface area contributed by atoms with E-state index in [4.69, 9.17) is 4.52 Å². The molecule has 0 radical (unpaired) electrons. The first-order chi connectivity index (χ1) is 16.9. The number of halogens is 2. The summed E-state index contributed by atoms with van der Waals surface area (Å²) in [5.41, 5.74) is 2.38. The van der Waals surface area contributed by atoms with Gasteiger partial charge in [-0.15, -0.1) is 0 Å². The molecule has 2 aromatic carbocycles. The van der Waals surface area contributed by atoms with Crippen molar-refractivity contribution in [1.82, 2.24) is 25.2 Å². The Morgan fingerprint density at radius 1 is 1.11 bits per heavy atom. The number of hydrogen-bond donors (Lipinski definition) is 1. The van der Waals surface area contributed by atoms with E-state index >= 15 is 0 Å². The van der Waals surface area contributed by atoms with Crippen LogP contribution < -0.4 is 5.32 Å². The number of hydrogen-bond acceptors (Lipinski definition) is 5. The Bertz CT molecular complexity index is 1430. The molecule has 8 nitrogen and oxygen atoms in total. The molecule has 4 aromatic rings. The Labute approximate surface area is 199 Å². The van der Waals surface area contributed by atoms with Gasteiger partial charge in [0, 0.05) is 44.9 Å². The van der Waals surface area contributed by atoms with Crippen molar-refractivity contribution >= 4 is 11.8 Å². The number of aryl methyl sites for hydroxylation is 1. The third kappa shape index (κ3) is 3.96. The van der Waals surface area contributed by atoms with Crippen molar-refractivity contribution in [3.63, 3.8) is 0 Å². The van der Waals surface area contributed by atoms with Crippen molar-refractivity contribution in [2.75, 3.05) is 13.6 Å². The standard InChI is InChI=1S/C25H21F2N5O3/c1-28-24(33)23-17-6-4-3-5-16(17)19(14-11-29-31(2)12-14)13-32(23)25(34)21-10-22(35-30-21)18-8-7-15(26)9-20(18)27/h3-12,19,23H,13H2,1-2H3,(H,28,33). The minimum Gasteiger partial charge on any atom is -0.357 e. The minimum absolute atomic E-state index is 0.0245. The topological polar surface area (TPSA) is 93.3 Å². The van der Waals surface area contributed by atoms with Gasteiger partial charge in [-0.25, -0.2) is 8.78 Å². The zero-order valence-electron chi connectivity index (χ0n) is 18.9. The molecule has 0 fully saturated rings. The van der Waals surface area contributed by atoms with E-state index in [2.05, 4.69) is 15.6 Å². The second-order valence-electron chi connectivity index (χ2n) is 8.30. The summed E-state index contributed by atoms with van der Waals surface area (Å²) in [5.74, 6) is -2.74. The number of nitrogens with zero attached hydrogens (tertiary/aromatic N) is 4. The highest BCUT2D eigenvalue weighted by molar-refractivity contribution is 5.97. The van der Waals surface area contributed by atoms with Crippen LogP contribution in [-0.2, 0) is 11.8 Å². The molecule has 1 N–H and O–H groups in total. The monoisotopic (exact) mass is 477 g/mol. The lowest BCUT2D eigenvalue weighted by atomic mass is 9.82. The number of aromatic nitrogens is 3. The van der Waals surface area contributed by atoms with Crippen LogP contribution in [0.2, 0.25) is 0 Å². The van der Waals surface area contributed by atoms with Crippen LogP contribution in [0.5, 0.6) is 0 Å². The van der Waals surface area contributed by atoms with Crippen molar-refractivity contribution in [3.8, 4) is 11.3 Å². The Hall–Kier alpha value is -4.34. The SMILES string of the molecule is CNC(=O)C1c2ccccc2C(c2cnn(C)c2)CN1C(=O)c1cc(-c2ccc(F)cc2F)on1. The van der Waals surface area contributed by atoms with Gasteiger partial charge in [-0.3, -0.25) is 14.3 Å². The fourth-order valence-electron chi connectivity index (χ4n) is 4.51. The van der Waals surface area contributed by atoms with Gasteiger partial charge in [-0.05, 0) is 28.8 Å². The molecule has 10 heteroatoms. The molecule has 3 heterocycles. The van der Waals surface area contributed by atoms with Crippen LogP contribution in [0.4, 0.5) is 8.78 Å². The first-order valence-electron chi connectivity index (χ1n) is 10.9. The van der Waals surface area contributed by atoms with Gasteiger partial charge in [0.05, 0.1) is 11.8 Å². The number of nitrogens with one attached hydrogen (secondary N) is 1. The lowest BCUT2D eigenvalue weighted by Crippen LogP contribution is -2.48. The first-order valence-corrected chi connectivity index (χ1v) is 10.9. The van der Waals surface area contributed by atoms with Gasteiger partial charge in [0.25, 0.3) is 5.91 Å². The van der Waals surface area contributed by atoms with Gasteiger partial charge < -0.3 is 14.7 Å². The summed E-state index contributed by atoms with van der Waals surface area (Å²) < 4.78 is 34.4. The van der Waals surface area contributed by atoms with E-state index in [9.17, 15) is 18.4 Å². The van der Waals surface area contributed by atoms with Crippen LogP contribution in [0.25, 0.3) is 11.3 Å². The van der Waals surface area contributed by atoms with Crippen molar-refractivity contribution in [1.29, 1.82) is 0 Å². The second-order valence-corrected chi connectivity index (χ2v) is 8.30. The van der Waals surface area contributed by atoms with E-state index in [0.717, 1.165) is 23.3 Å². The van der Waals surface area contributed by atoms with Crippen molar-refractivity contribution < 1.29 is 22.9 Å². The average Bonchev–Trinajstić information content (AvgIpc) is 3.51. The Morgan fingerprint density at radius 2 is 1.89 bits per heavy atom. The van der Waals surface area contributed by atoms with Gasteiger partial charge in [-0.1, -0.05) is 29.4 Å². The summed E-state index contributed by atoms with van der Waals surface area (Å²) in [7, 11) is 3.31. The number of fused-ring (bicyclic) bond motifs is 1. The summed E-state index contributed by atoms with van der Waals surface area (Å²) in [6, 6.07) is 10.9. The first kappa shape index (κ1) is 22.5. The van der Waals surface area contributed by atoms with E-state index < -0.39 is 23.6 Å². The summed E-state index contributed by atoms with van der Waals surface area (Å²) in [4.78, 5) is 28.1. The number of amides is 2. The van der Waals surface area contributed by atoms with E-state index in [1.807, 2.05) is 30.5 Å². The Balaban J connectivity index is 1.56. The number of benzene rings is 2. The summed E-state index contributed by atoms with van der Waals surface area (Å²) in [6.45, 7) is 0.187. The Kier molecular flexibility index (Phi) is 5.64. The molecule has 0 aliphatic carbocycles. The average molecular weight is 477 g/mol. The molecule has 2 unspecified atom stereocenters. The Morgan fingerprint density at radius 3 is 2.57 bits per heavy atom. The number of likely N-dealkylation sites (N-methyl/N-ethyl adjacent to an activating group) is 1. The summed E-state index contributed by atoms with van der Waals surface area (Å²) in [6.07, 6.45) is 3.60. The highest BCUT2D eigenvalue weighted by atomic mass is 19.1. The maximum Gasteiger partial charge on any atom is 0.277 e. The summed E-state index contributed by atoms with van der Waals surface area (Å²) >= 11 is 0. The molecule has 35 heavy (non-hydrogen) atoms. The number of rotatable bonds is 4. The molecule has 178 valence electrons. The van der Waals surface area contributed by atoms with Gasteiger partial charge in [0.2, 0.25) is 5.91 Å². The minimum atomic E-state index is -0.903. The zero-order valence-corrected chi connectivity index (χ0v) is 18.9. The van der Waals surface area contributed by atoms with Crippen molar-refractivity contribution in [2.45, 2.75) is 12.0 Å². The van der Waals surface area contributed by atoms with Gasteiger partial charge >= 0.3 is 0 Å². The number of carbonyl (C=O) groups excluding carboxylic acids is 2. The smallest absolute Gasteiger partial charge is 0.277 e. The van der Waals surface area contributed by atoms with Crippen molar-refractivity contribution in [3.05, 3.63) is 94.9 Å². The predicted octanol–water partition coefficient (Wildman–Crippen LogP) is 3.43. The van der Waals surface area contributed by atoms with Crippen LogP contribution in [0.3, 0.4) is 0 Å². The van der Waals surface area contributed by atoms with Crippen molar-refractivity contribution in [2.24, 2.45) is 7.05 Å². The molecule has 1 aliphatic heterocycles. The molecule has 0 spiro atoms. The molecular formula is C25H21F2N5O3. The molecule has 0 saturated heterocycles. The number of carbonyl (C=O) groups is 2. The van der Waals surface area contributed by atoms with E-state index in [1.54, 1.807) is 17.9 Å². The van der Waals surface area contributed by atoms with Gasteiger partial charge in [0.1, 0.15) is 17.7 Å². The van der Waals surface area contributed by atoms with Gasteiger partial charge in [0.15, 0.2) is 11.5 Å². The second kappa shape index (κ2) is 8.79. The zero-order chi connectivity index (χ0) is 24.7. The molecule has 2 aromatic heterocycles. The van der Waals surface area contributed by atoms with E-state index in [0.29, 0.717) is 5.56 Å². The fraction of sp³-hybridized carbons (Fsp3) is 0.200. The van der Waals surface area contributed by atoms with Crippen LogP contribution in [0.1, 0.15) is 39.1 Å². The lowest BCUT2D eigenvalue weighted by molar-refractivity contribution is -0.125. The summed E-state index contributed by atoms with van der Waals surface area (Å²) in [5, 5.41) is 10.7. The van der Waals surface area contributed by atoms with Crippen LogP contribution in [-0.4, -0.2) is 45.2 Å². The third-order valence-corrected chi connectivity index (χ3v) is 6.17. The van der Waals surface area contributed by atoms with E-state index in [-0.39, 0.29) is 35.4 Å². The maximum absolute atomic E-state index is 14.2.